The van der Waals surface area contributed by atoms with E-state index in [1.54, 1.807) is 0 Å². The molecule has 0 aliphatic carbocycles. The first kappa shape index (κ1) is 11.7. The minimum absolute atomic E-state index is 0.803. The summed E-state index contributed by atoms with van der Waals surface area (Å²) in [5, 5.41) is 3.16. The molecule has 0 aromatic heterocycles. The zero-order chi connectivity index (χ0) is 10.4. The molecule has 1 heterocycles. The van der Waals surface area contributed by atoms with Crippen LogP contribution in [0, 0.1) is 0 Å². The molecule has 0 aromatic rings. The Kier molecular flexibility index (Phi) is 5.20. The highest BCUT2D eigenvalue weighted by molar-refractivity contribution is 5.00. The number of nitrogens with zero attached hydrogens (tertiary/aromatic N) is 1. The zero-order valence-corrected chi connectivity index (χ0v) is 9.68. The SMILES string of the molecule is C=C(CNC)CN1CCCCC1CC. The van der Waals surface area contributed by atoms with Crippen LogP contribution in [0.2, 0.25) is 0 Å². The number of likely N-dealkylation sites (tertiary alicyclic amines) is 1. The Morgan fingerprint density at radius 1 is 1.50 bits per heavy atom. The van der Waals surface area contributed by atoms with E-state index in [4.69, 9.17) is 0 Å². The van der Waals surface area contributed by atoms with Gasteiger partial charge in [-0.15, -0.1) is 0 Å². The molecule has 1 atom stereocenters. The molecule has 1 aliphatic rings. The standard InChI is InChI=1S/C12H24N2/c1-4-12-7-5-6-8-14(12)10-11(2)9-13-3/h12-13H,2,4-10H2,1,3H3. The zero-order valence-electron chi connectivity index (χ0n) is 9.68. The monoisotopic (exact) mass is 196 g/mol. The van der Waals surface area contributed by atoms with Crippen LogP contribution in [0.5, 0.6) is 0 Å². The van der Waals surface area contributed by atoms with Gasteiger partial charge < -0.3 is 5.32 Å². The molecule has 1 rings (SSSR count). The van der Waals surface area contributed by atoms with E-state index in [1.165, 1.54) is 37.8 Å². The van der Waals surface area contributed by atoms with E-state index < -0.39 is 0 Å². The first-order valence-corrected chi connectivity index (χ1v) is 5.83. The topological polar surface area (TPSA) is 15.3 Å². The van der Waals surface area contributed by atoms with Crippen molar-refractivity contribution in [1.29, 1.82) is 0 Å². The summed E-state index contributed by atoms with van der Waals surface area (Å²) in [7, 11) is 1.98. The van der Waals surface area contributed by atoms with Crippen LogP contribution in [0.25, 0.3) is 0 Å². The fourth-order valence-electron chi connectivity index (χ4n) is 2.32. The predicted octanol–water partition coefficient (Wildman–Crippen LogP) is 2.03. The largest absolute Gasteiger partial charge is 0.316 e. The van der Waals surface area contributed by atoms with Gasteiger partial charge in [-0.2, -0.15) is 0 Å². The molecule has 2 heteroatoms. The van der Waals surface area contributed by atoms with Gasteiger partial charge >= 0.3 is 0 Å². The molecule has 1 unspecified atom stereocenters. The molecule has 1 fully saturated rings. The first-order chi connectivity index (χ1) is 6.77. The summed E-state index contributed by atoms with van der Waals surface area (Å²) in [5.74, 6) is 0. The number of hydrogen-bond donors (Lipinski definition) is 1. The van der Waals surface area contributed by atoms with Gasteiger partial charge in [-0.1, -0.05) is 19.9 Å². The number of hydrogen-bond acceptors (Lipinski definition) is 2. The van der Waals surface area contributed by atoms with E-state index >= 15 is 0 Å². The average Bonchev–Trinajstić information content (AvgIpc) is 2.19. The molecule has 0 saturated carbocycles. The molecule has 14 heavy (non-hydrogen) atoms. The smallest absolute Gasteiger partial charge is 0.0205 e. The summed E-state index contributed by atoms with van der Waals surface area (Å²) in [6.07, 6.45) is 5.44. The van der Waals surface area contributed by atoms with Crippen molar-refractivity contribution in [3.05, 3.63) is 12.2 Å². The van der Waals surface area contributed by atoms with Gasteiger partial charge in [-0.3, -0.25) is 4.90 Å². The van der Waals surface area contributed by atoms with Gasteiger partial charge in [0.2, 0.25) is 0 Å². The molecule has 2 nitrogen and oxygen atoms in total. The Balaban J connectivity index is 2.36. The molecule has 0 radical (unpaired) electrons. The highest BCUT2D eigenvalue weighted by atomic mass is 15.2. The summed E-state index contributed by atoms with van der Waals surface area (Å²) < 4.78 is 0. The lowest BCUT2D eigenvalue weighted by Gasteiger charge is -2.35. The molecule has 0 bridgehead atoms. The van der Waals surface area contributed by atoms with E-state index in [9.17, 15) is 0 Å². The van der Waals surface area contributed by atoms with Crippen molar-refractivity contribution < 1.29 is 0 Å². The van der Waals surface area contributed by atoms with Gasteiger partial charge in [0, 0.05) is 19.1 Å². The number of piperidine rings is 1. The maximum absolute atomic E-state index is 4.10. The Morgan fingerprint density at radius 3 is 2.93 bits per heavy atom. The highest BCUT2D eigenvalue weighted by Gasteiger charge is 2.20. The van der Waals surface area contributed by atoms with Crippen molar-refractivity contribution in [3.63, 3.8) is 0 Å². The number of likely N-dealkylation sites (N-methyl/N-ethyl adjacent to an activating group) is 1. The van der Waals surface area contributed by atoms with Crippen molar-refractivity contribution >= 4 is 0 Å². The lowest BCUT2D eigenvalue weighted by Crippen LogP contribution is -2.40. The van der Waals surface area contributed by atoms with Gasteiger partial charge in [0.05, 0.1) is 0 Å². The van der Waals surface area contributed by atoms with Crippen LogP contribution in [0.1, 0.15) is 32.6 Å². The van der Waals surface area contributed by atoms with E-state index in [0.29, 0.717) is 0 Å². The van der Waals surface area contributed by atoms with Crippen LogP contribution < -0.4 is 5.32 Å². The molecule has 0 aromatic carbocycles. The minimum Gasteiger partial charge on any atom is -0.316 e. The molecule has 82 valence electrons. The van der Waals surface area contributed by atoms with Crippen molar-refractivity contribution in [3.8, 4) is 0 Å². The number of rotatable bonds is 5. The van der Waals surface area contributed by atoms with Gasteiger partial charge in [0.15, 0.2) is 0 Å². The van der Waals surface area contributed by atoms with Gasteiger partial charge in [-0.05, 0) is 38.4 Å². The third-order valence-corrected chi connectivity index (χ3v) is 3.07. The lowest BCUT2D eigenvalue weighted by molar-refractivity contribution is 0.156. The number of nitrogens with one attached hydrogen (secondary N) is 1. The third-order valence-electron chi connectivity index (χ3n) is 3.07. The van der Waals surface area contributed by atoms with Crippen LogP contribution >= 0.6 is 0 Å². The molecular formula is C12H24N2. The molecule has 0 amide bonds. The fraction of sp³-hybridized carbons (Fsp3) is 0.833. The summed E-state index contributed by atoms with van der Waals surface area (Å²) in [6.45, 7) is 9.70. The van der Waals surface area contributed by atoms with E-state index in [0.717, 1.165) is 19.1 Å². The maximum Gasteiger partial charge on any atom is 0.0205 e. The van der Waals surface area contributed by atoms with Gasteiger partial charge in [0.1, 0.15) is 0 Å². The van der Waals surface area contributed by atoms with Crippen LogP contribution in [0.4, 0.5) is 0 Å². The molecule has 0 spiro atoms. The summed E-state index contributed by atoms with van der Waals surface area (Å²) in [6, 6.07) is 0.803. The molecule has 1 aliphatic heterocycles. The van der Waals surface area contributed by atoms with Crippen molar-refractivity contribution in [2.75, 3.05) is 26.7 Å². The van der Waals surface area contributed by atoms with Crippen molar-refractivity contribution in [2.45, 2.75) is 38.6 Å². The quantitative estimate of drug-likeness (QED) is 0.677. The highest BCUT2D eigenvalue weighted by Crippen LogP contribution is 2.19. The van der Waals surface area contributed by atoms with E-state index in [1.807, 2.05) is 7.05 Å². The summed E-state index contributed by atoms with van der Waals surface area (Å²) in [4.78, 5) is 2.60. The van der Waals surface area contributed by atoms with Crippen molar-refractivity contribution in [2.24, 2.45) is 0 Å². The molecule has 1 N–H and O–H groups in total. The van der Waals surface area contributed by atoms with Gasteiger partial charge in [0.25, 0.3) is 0 Å². The predicted molar refractivity (Wildman–Crippen MR) is 62.6 cm³/mol. The van der Waals surface area contributed by atoms with Crippen LogP contribution in [0.3, 0.4) is 0 Å². The third kappa shape index (κ3) is 3.43. The van der Waals surface area contributed by atoms with E-state index in [2.05, 4.69) is 23.7 Å². The minimum atomic E-state index is 0.803. The van der Waals surface area contributed by atoms with Gasteiger partial charge in [-0.25, -0.2) is 0 Å². The normalized spacial score (nSPS) is 23.7. The van der Waals surface area contributed by atoms with Crippen molar-refractivity contribution in [1.82, 2.24) is 10.2 Å². The first-order valence-electron chi connectivity index (χ1n) is 5.83. The lowest BCUT2D eigenvalue weighted by atomic mass is 9.99. The molecular weight excluding hydrogens is 172 g/mol. The summed E-state index contributed by atoms with van der Waals surface area (Å²) in [5.41, 5.74) is 1.31. The second-order valence-electron chi connectivity index (χ2n) is 4.31. The maximum atomic E-state index is 4.10. The van der Waals surface area contributed by atoms with E-state index in [-0.39, 0.29) is 0 Å². The van der Waals surface area contributed by atoms with Crippen LogP contribution in [-0.2, 0) is 0 Å². The summed E-state index contributed by atoms with van der Waals surface area (Å²) >= 11 is 0. The molecule has 1 saturated heterocycles. The Hall–Kier alpha value is -0.340. The second-order valence-corrected chi connectivity index (χ2v) is 4.31. The van der Waals surface area contributed by atoms with Crippen LogP contribution in [-0.4, -0.2) is 37.6 Å². The Morgan fingerprint density at radius 2 is 2.29 bits per heavy atom. The second kappa shape index (κ2) is 6.20. The Bertz CT molecular complexity index is 177. The van der Waals surface area contributed by atoms with Crippen LogP contribution in [0.15, 0.2) is 12.2 Å². The Labute approximate surface area is 88.4 Å². The fourth-order valence-corrected chi connectivity index (χ4v) is 2.32. The average molecular weight is 196 g/mol.